The number of pyridine rings is 1. The zero-order valence-electron chi connectivity index (χ0n) is 8.77. The van der Waals surface area contributed by atoms with E-state index in [1.54, 1.807) is 0 Å². The molecule has 0 amide bonds. The van der Waals surface area contributed by atoms with Crippen LogP contribution in [0, 0.1) is 0 Å². The maximum Gasteiger partial charge on any atom is 0.574 e. The van der Waals surface area contributed by atoms with E-state index in [0.29, 0.717) is 6.07 Å². The molecule has 1 aromatic heterocycles. The fourth-order valence-electron chi connectivity index (χ4n) is 1.25. The van der Waals surface area contributed by atoms with E-state index in [1.165, 1.54) is 0 Å². The van der Waals surface area contributed by atoms with Crippen LogP contribution in [0.1, 0.15) is 28.0 Å². The van der Waals surface area contributed by atoms with Gasteiger partial charge in [-0.15, -0.1) is 24.8 Å². The van der Waals surface area contributed by atoms with Crippen molar-refractivity contribution in [1.29, 1.82) is 0 Å². The predicted molar refractivity (Wildman–Crippen MR) is 55.6 cm³/mol. The molecule has 0 saturated carbocycles. The van der Waals surface area contributed by atoms with Crippen molar-refractivity contribution in [3.63, 3.8) is 0 Å². The minimum absolute atomic E-state index is 0.328. The first kappa shape index (κ1) is 15.9. The van der Waals surface area contributed by atoms with Crippen molar-refractivity contribution in [3.05, 3.63) is 22.9 Å². The van der Waals surface area contributed by atoms with Crippen molar-refractivity contribution in [2.24, 2.45) is 0 Å². The Morgan fingerprint density at radius 1 is 1.42 bits per heavy atom. The molecule has 0 aromatic carbocycles. The second kappa shape index (κ2) is 5.87. The summed E-state index contributed by atoms with van der Waals surface area (Å²) >= 11 is 10.5. The number of nitrogens with zero attached hydrogens (tertiary/aromatic N) is 1. The van der Waals surface area contributed by atoms with Gasteiger partial charge in [0.05, 0.1) is 5.56 Å². The minimum atomic E-state index is -5.11. The van der Waals surface area contributed by atoms with E-state index in [-0.39, 0.29) is 5.56 Å². The van der Waals surface area contributed by atoms with Crippen LogP contribution in [0.25, 0.3) is 0 Å². The molecule has 1 aromatic rings. The largest absolute Gasteiger partial charge is 0.574 e. The van der Waals surface area contributed by atoms with Crippen LogP contribution in [0.4, 0.5) is 22.0 Å². The highest BCUT2D eigenvalue weighted by Crippen LogP contribution is 2.31. The lowest BCUT2D eigenvalue weighted by molar-refractivity contribution is -0.276. The maximum absolute atomic E-state index is 12.7. The number of rotatable bonds is 4. The Hall–Kier alpha value is -1.15. The Balaban J connectivity index is 3.40. The highest BCUT2D eigenvalue weighted by Gasteiger charge is 2.33. The lowest BCUT2D eigenvalue weighted by Crippen LogP contribution is -2.19. The zero-order chi connectivity index (χ0) is 14.8. The minimum Gasteiger partial charge on any atom is -0.388 e. The highest BCUT2D eigenvalue weighted by atomic mass is 35.5. The second-order valence-corrected chi connectivity index (χ2v) is 3.75. The smallest absolute Gasteiger partial charge is 0.388 e. The number of halogens is 7. The van der Waals surface area contributed by atoms with E-state index in [1.807, 2.05) is 0 Å². The SMILES string of the molecule is O=C(Cl)c1c(CCl)cc(OC(F)(F)F)nc1C(F)F. The van der Waals surface area contributed by atoms with E-state index in [2.05, 4.69) is 9.72 Å². The van der Waals surface area contributed by atoms with Crippen molar-refractivity contribution in [2.75, 3.05) is 0 Å². The Morgan fingerprint density at radius 3 is 2.37 bits per heavy atom. The van der Waals surface area contributed by atoms with Gasteiger partial charge in [-0.2, -0.15) is 0 Å². The molecule has 0 bridgehead atoms. The van der Waals surface area contributed by atoms with Crippen LogP contribution in [0.2, 0.25) is 0 Å². The summed E-state index contributed by atoms with van der Waals surface area (Å²) in [7, 11) is 0. The maximum atomic E-state index is 12.7. The fourth-order valence-corrected chi connectivity index (χ4v) is 1.68. The third-order valence-corrected chi connectivity index (χ3v) is 2.35. The van der Waals surface area contributed by atoms with Crippen molar-refractivity contribution < 1.29 is 31.5 Å². The molecule has 0 atom stereocenters. The molecule has 10 heteroatoms. The summed E-state index contributed by atoms with van der Waals surface area (Å²) in [5.74, 6) is -1.65. The van der Waals surface area contributed by atoms with Gasteiger partial charge in [0.25, 0.3) is 11.7 Å². The standard InChI is InChI=1S/C9H4Cl2F5NO2/c10-2-3-1-4(19-9(14,15)16)17-6(8(12)13)5(3)7(11)18/h1,8H,2H2. The molecule has 0 aliphatic carbocycles. The summed E-state index contributed by atoms with van der Waals surface area (Å²) in [4.78, 5) is 13.9. The summed E-state index contributed by atoms with van der Waals surface area (Å²) in [5.41, 5.74) is -2.26. The van der Waals surface area contributed by atoms with Crippen molar-refractivity contribution >= 4 is 28.4 Å². The van der Waals surface area contributed by atoms with Gasteiger partial charge in [-0.05, 0) is 17.2 Å². The van der Waals surface area contributed by atoms with Crippen LogP contribution in [0.3, 0.4) is 0 Å². The number of ether oxygens (including phenoxy) is 1. The molecule has 3 nitrogen and oxygen atoms in total. The summed E-state index contributed by atoms with van der Waals surface area (Å²) in [6, 6.07) is 0.627. The molecule has 0 aliphatic heterocycles. The average Bonchev–Trinajstić information content (AvgIpc) is 2.24. The van der Waals surface area contributed by atoms with Gasteiger partial charge >= 0.3 is 6.36 Å². The first-order valence-electron chi connectivity index (χ1n) is 4.49. The summed E-state index contributed by atoms with van der Waals surface area (Å²) in [6.45, 7) is 0. The van der Waals surface area contributed by atoms with Crippen molar-refractivity contribution in [1.82, 2.24) is 4.98 Å². The molecule has 19 heavy (non-hydrogen) atoms. The van der Waals surface area contributed by atoms with Gasteiger partial charge in [-0.3, -0.25) is 4.79 Å². The second-order valence-electron chi connectivity index (χ2n) is 3.14. The molecule has 0 fully saturated rings. The summed E-state index contributed by atoms with van der Waals surface area (Å²) < 4.78 is 64.7. The fraction of sp³-hybridized carbons (Fsp3) is 0.333. The molecule has 0 spiro atoms. The highest BCUT2D eigenvalue weighted by molar-refractivity contribution is 6.68. The molecule has 0 N–H and O–H groups in total. The van der Waals surface area contributed by atoms with E-state index < -0.39 is 41.0 Å². The van der Waals surface area contributed by atoms with Gasteiger partial charge in [0, 0.05) is 11.9 Å². The van der Waals surface area contributed by atoms with Crippen LogP contribution in [-0.4, -0.2) is 16.6 Å². The van der Waals surface area contributed by atoms with E-state index >= 15 is 0 Å². The van der Waals surface area contributed by atoms with E-state index in [9.17, 15) is 26.7 Å². The number of carbonyl (C=O) groups excluding carboxylic acids is 1. The van der Waals surface area contributed by atoms with Gasteiger partial charge in [-0.1, -0.05) is 0 Å². The summed E-state index contributed by atoms with van der Waals surface area (Å²) in [5, 5.41) is -1.29. The molecule has 0 radical (unpaired) electrons. The number of hydrogen-bond acceptors (Lipinski definition) is 3. The topological polar surface area (TPSA) is 39.2 Å². The molecule has 1 rings (SSSR count). The molecular formula is C9H4Cl2F5NO2. The van der Waals surface area contributed by atoms with Crippen LogP contribution < -0.4 is 4.74 Å². The van der Waals surface area contributed by atoms with E-state index in [0.717, 1.165) is 0 Å². The van der Waals surface area contributed by atoms with Crippen LogP contribution in [-0.2, 0) is 5.88 Å². The molecule has 0 unspecified atom stereocenters. The van der Waals surface area contributed by atoms with Gasteiger partial charge in [0.2, 0.25) is 5.88 Å². The van der Waals surface area contributed by atoms with Crippen LogP contribution in [0.15, 0.2) is 6.07 Å². The predicted octanol–water partition coefficient (Wildman–Crippen LogP) is 4.04. The first-order chi connectivity index (χ1) is 8.65. The monoisotopic (exact) mass is 323 g/mol. The number of hydrogen-bond donors (Lipinski definition) is 0. The van der Waals surface area contributed by atoms with Crippen LogP contribution in [0.5, 0.6) is 5.88 Å². The Kier molecular flexibility index (Phi) is 4.92. The van der Waals surface area contributed by atoms with Gasteiger partial charge < -0.3 is 4.74 Å². The third kappa shape index (κ3) is 4.17. The van der Waals surface area contributed by atoms with Gasteiger partial charge in [0.1, 0.15) is 5.69 Å². The number of alkyl halides is 6. The average molecular weight is 324 g/mol. The van der Waals surface area contributed by atoms with Crippen molar-refractivity contribution in [2.45, 2.75) is 18.7 Å². The summed E-state index contributed by atoms with van der Waals surface area (Å²) in [6.07, 6.45) is -8.42. The number of carbonyl (C=O) groups is 1. The molecule has 0 aliphatic rings. The van der Waals surface area contributed by atoms with Crippen LogP contribution >= 0.6 is 23.2 Å². The zero-order valence-corrected chi connectivity index (χ0v) is 10.3. The quantitative estimate of drug-likeness (QED) is 0.477. The molecular weight excluding hydrogens is 320 g/mol. The Labute approximate surface area is 113 Å². The third-order valence-electron chi connectivity index (χ3n) is 1.87. The van der Waals surface area contributed by atoms with Gasteiger partial charge in [0.15, 0.2) is 0 Å². The Bertz CT molecular complexity index is 492. The van der Waals surface area contributed by atoms with E-state index in [4.69, 9.17) is 23.2 Å². The number of aromatic nitrogens is 1. The molecule has 0 saturated heterocycles. The van der Waals surface area contributed by atoms with Crippen molar-refractivity contribution in [3.8, 4) is 5.88 Å². The normalized spacial score (nSPS) is 11.8. The Morgan fingerprint density at radius 2 is 2.00 bits per heavy atom. The molecule has 1 heterocycles. The molecule has 106 valence electrons. The first-order valence-corrected chi connectivity index (χ1v) is 5.40. The lowest BCUT2D eigenvalue weighted by atomic mass is 10.1. The van der Waals surface area contributed by atoms with Gasteiger partial charge in [-0.25, -0.2) is 13.8 Å². The lowest BCUT2D eigenvalue weighted by Gasteiger charge is -2.13.